The number of ether oxygens (including phenoxy) is 1. The number of allylic oxidation sites excluding steroid dienone is 3. The Morgan fingerprint density at radius 1 is 1.07 bits per heavy atom. The van der Waals surface area contributed by atoms with E-state index in [1.807, 2.05) is 6.08 Å². The normalized spacial score (nSPS) is 31.0. The van der Waals surface area contributed by atoms with Crippen molar-refractivity contribution in [2.24, 2.45) is 35.0 Å². The fourth-order valence-electron chi connectivity index (χ4n) is 7.08. The number of phenolic OH excluding ortho intramolecular Hbond substituents is 1. The molecule has 2 aromatic rings. The highest BCUT2D eigenvalue weighted by atomic mass is 35.5. The van der Waals surface area contributed by atoms with Gasteiger partial charge in [-0.05, 0) is 61.6 Å². The van der Waals surface area contributed by atoms with Crippen molar-refractivity contribution in [1.29, 1.82) is 0 Å². The molecule has 11 heteroatoms. The van der Waals surface area contributed by atoms with Crippen LogP contribution in [-0.2, 0) is 19.2 Å². The smallest absolute Gasteiger partial charge is 0.257 e. The number of benzene rings is 2. The van der Waals surface area contributed by atoms with E-state index in [0.717, 1.165) is 16.5 Å². The maximum Gasteiger partial charge on any atom is 0.257 e. The Kier molecular flexibility index (Phi) is 6.31. The zero-order valence-corrected chi connectivity index (χ0v) is 22.8. The number of nitrogens with zero attached hydrogens (tertiary/aromatic N) is 2. The van der Waals surface area contributed by atoms with Gasteiger partial charge in [0, 0.05) is 5.92 Å². The van der Waals surface area contributed by atoms with E-state index in [0.29, 0.717) is 5.56 Å². The molecule has 0 aromatic heterocycles. The van der Waals surface area contributed by atoms with Gasteiger partial charge in [0.1, 0.15) is 5.82 Å². The Labute approximate surface area is 239 Å². The number of rotatable bonds is 4. The van der Waals surface area contributed by atoms with E-state index in [2.05, 4.69) is 0 Å². The van der Waals surface area contributed by atoms with Gasteiger partial charge >= 0.3 is 0 Å². The lowest BCUT2D eigenvalue weighted by atomic mass is 9.52. The second-order valence-corrected chi connectivity index (χ2v) is 11.5. The van der Waals surface area contributed by atoms with Crippen molar-refractivity contribution in [3.05, 3.63) is 70.5 Å². The highest BCUT2D eigenvalue weighted by Crippen LogP contribution is 2.61. The molecule has 0 spiro atoms. The van der Waals surface area contributed by atoms with E-state index < -0.39 is 64.5 Å². The van der Waals surface area contributed by atoms with Crippen LogP contribution in [0.15, 0.2) is 54.1 Å². The summed E-state index contributed by atoms with van der Waals surface area (Å²) in [6, 6.07) is 8.39. The fourth-order valence-corrected chi connectivity index (χ4v) is 7.25. The third kappa shape index (κ3) is 3.84. The van der Waals surface area contributed by atoms with Crippen LogP contribution in [0.3, 0.4) is 0 Å². The Hall–Kier alpha value is -4.02. The van der Waals surface area contributed by atoms with Gasteiger partial charge in [0.25, 0.3) is 11.8 Å². The monoisotopic (exact) mass is 580 g/mol. The van der Waals surface area contributed by atoms with Gasteiger partial charge in [0.2, 0.25) is 11.8 Å². The number of hydrogen-bond donors (Lipinski definition) is 2. The van der Waals surface area contributed by atoms with E-state index in [-0.39, 0.29) is 40.1 Å². The quantitative estimate of drug-likeness (QED) is 0.313. The third-order valence-corrected chi connectivity index (χ3v) is 9.46. The second kappa shape index (κ2) is 9.53. The number of fused-ring (bicyclic) bond motifs is 4. The van der Waals surface area contributed by atoms with Gasteiger partial charge in [-0.25, -0.2) is 9.29 Å². The molecule has 1 saturated carbocycles. The Balaban J connectivity index is 1.48. The second-order valence-electron chi connectivity index (χ2n) is 11.1. The summed E-state index contributed by atoms with van der Waals surface area (Å²) in [7, 11) is 1.42. The number of hydroxylamine groups is 2. The topological polar surface area (TPSA) is 124 Å². The van der Waals surface area contributed by atoms with Crippen LogP contribution < -0.4 is 9.64 Å². The number of amides is 4. The molecule has 0 bridgehead atoms. The van der Waals surface area contributed by atoms with E-state index in [1.54, 1.807) is 31.2 Å². The van der Waals surface area contributed by atoms with Gasteiger partial charge in [-0.3, -0.25) is 24.4 Å². The lowest BCUT2D eigenvalue weighted by Gasteiger charge is -2.47. The number of carbonyl (C=O) groups is 4. The Bertz CT molecular complexity index is 1590. The molecular weight excluding hydrogens is 555 g/mol. The molecule has 3 fully saturated rings. The molecule has 6 atom stereocenters. The summed E-state index contributed by atoms with van der Waals surface area (Å²) >= 11 is 5.99. The summed E-state index contributed by atoms with van der Waals surface area (Å²) in [5.41, 5.74) is 0.249. The van der Waals surface area contributed by atoms with Crippen molar-refractivity contribution in [1.82, 2.24) is 5.06 Å². The van der Waals surface area contributed by atoms with Crippen molar-refractivity contribution in [3.8, 4) is 11.5 Å². The van der Waals surface area contributed by atoms with Gasteiger partial charge < -0.3 is 9.84 Å². The predicted molar refractivity (Wildman–Crippen MR) is 144 cm³/mol. The maximum atomic E-state index is 14.2. The Morgan fingerprint density at radius 3 is 2.54 bits per heavy atom. The van der Waals surface area contributed by atoms with E-state index >= 15 is 0 Å². The molecule has 0 radical (unpaired) electrons. The van der Waals surface area contributed by atoms with Crippen LogP contribution in [0.1, 0.15) is 25.3 Å². The number of imide groups is 2. The molecule has 6 rings (SSSR count). The Morgan fingerprint density at radius 2 is 1.83 bits per heavy atom. The van der Waals surface area contributed by atoms with Crippen molar-refractivity contribution < 1.29 is 38.6 Å². The van der Waals surface area contributed by atoms with Crippen molar-refractivity contribution in [2.45, 2.75) is 19.8 Å². The summed E-state index contributed by atoms with van der Waals surface area (Å²) in [4.78, 5) is 54.8. The molecule has 212 valence electrons. The van der Waals surface area contributed by atoms with Gasteiger partial charge in [0.15, 0.2) is 11.5 Å². The standard InChI is InChI=1S/C30H26ClFN2O7/c1-30-19(8-3-14-4-10-23(35)24(11-14)41-2)16-6-7-17-25(28(38)34(40)26(17)36)18(16)13-20(30)27(37)33(29(30)39)15-5-9-22(32)21(31)12-15/h3-6,8-12,17-20,25,35,40H,7,13H2,1-2H3. The summed E-state index contributed by atoms with van der Waals surface area (Å²) in [6.45, 7) is 1.71. The first-order valence-electron chi connectivity index (χ1n) is 13.1. The number of carbonyl (C=O) groups excluding carboxylic acids is 4. The number of methoxy groups -OCH3 is 1. The number of anilines is 1. The van der Waals surface area contributed by atoms with Crippen molar-refractivity contribution in [2.75, 3.05) is 12.0 Å². The first kappa shape index (κ1) is 27.2. The van der Waals surface area contributed by atoms with Crippen LogP contribution in [-0.4, -0.2) is 46.1 Å². The minimum Gasteiger partial charge on any atom is -0.504 e. The average molecular weight is 581 g/mol. The van der Waals surface area contributed by atoms with Crippen molar-refractivity contribution >= 4 is 47.0 Å². The third-order valence-electron chi connectivity index (χ3n) is 9.17. The van der Waals surface area contributed by atoms with Crippen LogP contribution in [0.5, 0.6) is 11.5 Å². The first-order valence-corrected chi connectivity index (χ1v) is 13.5. The van der Waals surface area contributed by atoms with Crippen LogP contribution >= 0.6 is 11.6 Å². The minimum atomic E-state index is -1.28. The lowest BCUT2D eigenvalue weighted by Crippen LogP contribution is -2.49. The summed E-state index contributed by atoms with van der Waals surface area (Å²) < 4.78 is 19.1. The molecule has 6 unspecified atom stereocenters. The fraction of sp³-hybridized carbons (Fsp3) is 0.333. The molecule has 2 aliphatic heterocycles. The highest BCUT2D eigenvalue weighted by Gasteiger charge is 2.66. The van der Waals surface area contributed by atoms with E-state index in [9.17, 15) is 33.9 Å². The SMILES string of the molecule is COc1cc(C=CC2C3=CCC4C(=O)N(O)C(=O)C4C3CC3C(=O)N(c4ccc(F)c(Cl)c4)C(=O)C23C)ccc1O. The molecule has 2 heterocycles. The molecule has 9 nitrogen and oxygen atoms in total. The molecule has 2 aliphatic carbocycles. The number of hydrogen-bond acceptors (Lipinski definition) is 7. The molecule has 2 N–H and O–H groups in total. The molecule has 41 heavy (non-hydrogen) atoms. The van der Waals surface area contributed by atoms with Gasteiger partial charge in [-0.1, -0.05) is 41.5 Å². The predicted octanol–water partition coefficient (Wildman–Crippen LogP) is 4.36. The van der Waals surface area contributed by atoms with E-state index in [4.69, 9.17) is 16.3 Å². The molecular formula is C30H26ClFN2O7. The van der Waals surface area contributed by atoms with Gasteiger partial charge in [-0.2, -0.15) is 5.06 Å². The lowest BCUT2D eigenvalue weighted by molar-refractivity contribution is -0.173. The average Bonchev–Trinajstić information content (AvgIpc) is 3.29. The number of phenols is 1. The molecule has 4 amide bonds. The number of aromatic hydroxyl groups is 1. The first-order chi connectivity index (χ1) is 19.5. The van der Waals surface area contributed by atoms with Crippen LogP contribution in [0.4, 0.5) is 10.1 Å². The van der Waals surface area contributed by atoms with Crippen molar-refractivity contribution in [3.63, 3.8) is 0 Å². The van der Waals surface area contributed by atoms with Crippen LogP contribution in [0.25, 0.3) is 6.08 Å². The maximum absolute atomic E-state index is 14.2. The molecule has 2 aromatic carbocycles. The minimum absolute atomic E-state index is 0.0430. The zero-order valence-electron chi connectivity index (χ0n) is 22.1. The molecule has 4 aliphatic rings. The van der Waals surface area contributed by atoms with Crippen LogP contribution in [0.2, 0.25) is 5.02 Å². The zero-order chi connectivity index (χ0) is 29.4. The largest absolute Gasteiger partial charge is 0.504 e. The highest BCUT2D eigenvalue weighted by molar-refractivity contribution is 6.31. The summed E-state index contributed by atoms with van der Waals surface area (Å²) in [5, 5.41) is 20.1. The van der Waals surface area contributed by atoms with Crippen LogP contribution in [0, 0.1) is 40.8 Å². The summed E-state index contributed by atoms with van der Waals surface area (Å²) in [6.07, 6.45) is 5.71. The number of halogens is 2. The van der Waals surface area contributed by atoms with E-state index in [1.165, 1.54) is 25.3 Å². The summed E-state index contributed by atoms with van der Waals surface area (Å²) in [5.74, 6) is -6.61. The molecule has 2 saturated heterocycles. The van der Waals surface area contributed by atoms with Gasteiger partial charge in [-0.15, -0.1) is 0 Å². The van der Waals surface area contributed by atoms with Gasteiger partial charge in [0.05, 0.1) is 41.0 Å².